The summed E-state index contributed by atoms with van der Waals surface area (Å²) < 4.78 is 4.84. The van der Waals surface area contributed by atoms with Crippen molar-refractivity contribution in [3.05, 3.63) is 0 Å². The summed E-state index contributed by atoms with van der Waals surface area (Å²) in [6, 6.07) is 0. The number of amides is 2. The van der Waals surface area contributed by atoms with Gasteiger partial charge in [-0.25, -0.2) is 0 Å². The lowest BCUT2D eigenvalue weighted by molar-refractivity contribution is -0.138. The zero-order valence-electron chi connectivity index (χ0n) is 11.2. The van der Waals surface area contributed by atoms with Crippen molar-refractivity contribution < 1.29 is 14.3 Å². The molecule has 1 aliphatic heterocycles. The zero-order chi connectivity index (χ0) is 13.4. The molecule has 18 heavy (non-hydrogen) atoms. The number of carbonyl (C=O) groups is 2. The molecule has 0 spiro atoms. The van der Waals surface area contributed by atoms with Gasteiger partial charge < -0.3 is 20.3 Å². The molecule has 0 unspecified atom stereocenters. The summed E-state index contributed by atoms with van der Waals surface area (Å²) in [6.07, 6.45) is 1.92. The van der Waals surface area contributed by atoms with Crippen molar-refractivity contribution in [2.24, 2.45) is 5.92 Å². The first-order valence-electron chi connectivity index (χ1n) is 6.36. The van der Waals surface area contributed by atoms with Crippen molar-refractivity contribution in [3.8, 4) is 0 Å². The third-order valence-corrected chi connectivity index (χ3v) is 3.03. The summed E-state index contributed by atoms with van der Waals surface area (Å²) >= 11 is 0. The topological polar surface area (TPSA) is 70.7 Å². The number of carbonyl (C=O) groups excluding carboxylic acids is 2. The minimum atomic E-state index is -0.147. The van der Waals surface area contributed by atoms with E-state index in [0.29, 0.717) is 19.7 Å². The van der Waals surface area contributed by atoms with Gasteiger partial charge in [0.05, 0.1) is 19.1 Å². The smallest absolute Gasteiger partial charge is 0.239 e. The minimum Gasteiger partial charge on any atom is -0.383 e. The average Bonchev–Trinajstić information content (AvgIpc) is 2.39. The second kappa shape index (κ2) is 8.05. The summed E-state index contributed by atoms with van der Waals surface area (Å²) in [5.41, 5.74) is 0. The predicted molar refractivity (Wildman–Crippen MR) is 68.1 cm³/mol. The standard InChI is InChI=1S/C12H23N3O3/c1-15(9-11(16)14-6-7-18-2)12(17)10-4-3-5-13-8-10/h10,13H,3-9H2,1-2H3,(H,14,16)/t10-/m0/s1. The van der Waals surface area contributed by atoms with E-state index in [1.807, 2.05) is 0 Å². The molecule has 1 saturated heterocycles. The van der Waals surface area contributed by atoms with Crippen molar-refractivity contribution in [3.63, 3.8) is 0 Å². The van der Waals surface area contributed by atoms with Crippen LogP contribution in [0, 0.1) is 5.92 Å². The summed E-state index contributed by atoms with van der Waals surface area (Å²) in [7, 11) is 3.25. The summed E-state index contributed by atoms with van der Waals surface area (Å²) in [5.74, 6) is -0.0914. The van der Waals surface area contributed by atoms with Gasteiger partial charge in [0.15, 0.2) is 0 Å². The van der Waals surface area contributed by atoms with Crippen LogP contribution >= 0.6 is 0 Å². The van der Waals surface area contributed by atoms with E-state index < -0.39 is 0 Å². The molecule has 1 aliphatic rings. The van der Waals surface area contributed by atoms with Crippen molar-refractivity contribution in [1.29, 1.82) is 0 Å². The highest BCUT2D eigenvalue weighted by Crippen LogP contribution is 2.12. The van der Waals surface area contributed by atoms with Crippen LogP contribution in [0.5, 0.6) is 0 Å². The van der Waals surface area contributed by atoms with Gasteiger partial charge >= 0.3 is 0 Å². The van der Waals surface area contributed by atoms with Crippen LogP contribution in [0.25, 0.3) is 0 Å². The Hall–Kier alpha value is -1.14. The first kappa shape index (κ1) is 14.9. The van der Waals surface area contributed by atoms with Crippen molar-refractivity contribution >= 4 is 11.8 Å². The van der Waals surface area contributed by atoms with Crippen molar-refractivity contribution in [2.45, 2.75) is 12.8 Å². The highest BCUT2D eigenvalue weighted by Gasteiger charge is 2.24. The summed E-state index contributed by atoms with van der Waals surface area (Å²) in [6.45, 7) is 2.76. The normalized spacial score (nSPS) is 19.3. The molecule has 0 saturated carbocycles. The molecule has 6 heteroatoms. The Morgan fingerprint density at radius 2 is 2.28 bits per heavy atom. The fraction of sp³-hybridized carbons (Fsp3) is 0.833. The van der Waals surface area contributed by atoms with Gasteiger partial charge in [-0.15, -0.1) is 0 Å². The number of hydrogen-bond acceptors (Lipinski definition) is 4. The second-order valence-electron chi connectivity index (χ2n) is 4.58. The lowest BCUT2D eigenvalue weighted by atomic mass is 9.98. The largest absolute Gasteiger partial charge is 0.383 e. The van der Waals surface area contributed by atoms with Crippen LogP contribution in [0.1, 0.15) is 12.8 Å². The molecule has 104 valence electrons. The maximum atomic E-state index is 12.0. The van der Waals surface area contributed by atoms with E-state index in [0.717, 1.165) is 19.4 Å². The van der Waals surface area contributed by atoms with E-state index in [9.17, 15) is 9.59 Å². The van der Waals surface area contributed by atoms with Gasteiger partial charge in [0.2, 0.25) is 11.8 Å². The van der Waals surface area contributed by atoms with Crippen LogP contribution in [0.3, 0.4) is 0 Å². The van der Waals surface area contributed by atoms with Crippen molar-refractivity contribution in [1.82, 2.24) is 15.5 Å². The molecule has 0 aromatic heterocycles. The number of likely N-dealkylation sites (N-methyl/N-ethyl adjacent to an activating group) is 1. The molecule has 0 radical (unpaired) electrons. The van der Waals surface area contributed by atoms with Crippen LogP contribution in [0.4, 0.5) is 0 Å². The molecule has 2 amide bonds. The van der Waals surface area contributed by atoms with E-state index in [2.05, 4.69) is 10.6 Å². The Bertz CT molecular complexity index is 278. The predicted octanol–water partition coefficient (Wildman–Crippen LogP) is -0.793. The van der Waals surface area contributed by atoms with E-state index in [1.54, 1.807) is 14.2 Å². The number of methoxy groups -OCH3 is 1. The van der Waals surface area contributed by atoms with Gasteiger partial charge in [-0.1, -0.05) is 0 Å². The Balaban J connectivity index is 2.27. The Morgan fingerprint density at radius 3 is 2.89 bits per heavy atom. The maximum Gasteiger partial charge on any atom is 0.239 e. The van der Waals surface area contributed by atoms with Crippen LogP contribution in [-0.2, 0) is 14.3 Å². The second-order valence-corrected chi connectivity index (χ2v) is 4.58. The van der Waals surface area contributed by atoms with Crippen LogP contribution in [0.15, 0.2) is 0 Å². The van der Waals surface area contributed by atoms with Gasteiger partial charge in [-0.2, -0.15) is 0 Å². The van der Waals surface area contributed by atoms with E-state index in [4.69, 9.17) is 4.74 Å². The maximum absolute atomic E-state index is 12.0. The molecular formula is C12H23N3O3. The van der Waals surface area contributed by atoms with Crippen LogP contribution < -0.4 is 10.6 Å². The monoisotopic (exact) mass is 257 g/mol. The van der Waals surface area contributed by atoms with E-state index in [1.165, 1.54) is 4.90 Å². The number of nitrogens with one attached hydrogen (secondary N) is 2. The molecule has 1 atom stereocenters. The molecule has 2 N–H and O–H groups in total. The molecule has 1 rings (SSSR count). The first-order chi connectivity index (χ1) is 8.65. The van der Waals surface area contributed by atoms with Gasteiger partial charge in [-0.05, 0) is 19.4 Å². The highest BCUT2D eigenvalue weighted by molar-refractivity contribution is 5.85. The molecule has 1 heterocycles. The highest BCUT2D eigenvalue weighted by atomic mass is 16.5. The lowest BCUT2D eigenvalue weighted by Gasteiger charge is -2.26. The zero-order valence-corrected chi connectivity index (χ0v) is 11.2. The third kappa shape index (κ3) is 5.01. The molecule has 6 nitrogen and oxygen atoms in total. The van der Waals surface area contributed by atoms with Gasteiger partial charge in [-0.3, -0.25) is 9.59 Å². The first-order valence-corrected chi connectivity index (χ1v) is 6.36. The quantitative estimate of drug-likeness (QED) is 0.612. The number of rotatable bonds is 6. The van der Waals surface area contributed by atoms with Gasteiger partial charge in [0.1, 0.15) is 0 Å². The number of ether oxygens (including phenoxy) is 1. The Labute approximate surface area is 108 Å². The molecule has 0 aliphatic carbocycles. The number of hydrogen-bond donors (Lipinski definition) is 2. The minimum absolute atomic E-state index is 0.00975. The fourth-order valence-corrected chi connectivity index (χ4v) is 2.02. The summed E-state index contributed by atoms with van der Waals surface area (Å²) in [4.78, 5) is 25.1. The van der Waals surface area contributed by atoms with Crippen molar-refractivity contribution in [2.75, 3.05) is 46.9 Å². The SMILES string of the molecule is COCCNC(=O)CN(C)C(=O)[C@H]1CCCNC1. The fourth-order valence-electron chi connectivity index (χ4n) is 2.02. The molecular weight excluding hydrogens is 234 g/mol. The molecule has 0 aromatic carbocycles. The molecule has 0 bridgehead atoms. The molecule has 0 aromatic rings. The number of piperidine rings is 1. The van der Waals surface area contributed by atoms with Gasteiger partial charge in [0, 0.05) is 27.2 Å². The van der Waals surface area contributed by atoms with E-state index >= 15 is 0 Å². The molecule has 1 fully saturated rings. The van der Waals surface area contributed by atoms with Crippen LogP contribution in [-0.4, -0.2) is 63.7 Å². The average molecular weight is 257 g/mol. The third-order valence-electron chi connectivity index (χ3n) is 3.03. The van der Waals surface area contributed by atoms with E-state index in [-0.39, 0.29) is 24.3 Å². The summed E-state index contributed by atoms with van der Waals surface area (Å²) in [5, 5.41) is 5.90. The van der Waals surface area contributed by atoms with Crippen LogP contribution in [0.2, 0.25) is 0 Å². The van der Waals surface area contributed by atoms with Gasteiger partial charge in [0.25, 0.3) is 0 Å². The lowest BCUT2D eigenvalue weighted by Crippen LogP contribution is -2.45. The Morgan fingerprint density at radius 1 is 1.50 bits per heavy atom. The Kier molecular flexibility index (Phi) is 6.67. The number of nitrogens with zero attached hydrogens (tertiary/aromatic N) is 1.